The minimum atomic E-state index is -0.743. The number of hydrogen-bond donors (Lipinski definition) is 4. The molecule has 0 bridgehead atoms. The monoisotopic (exact) mass is 501 g/mol. The average Bonchev–Trinajstić information content (AvgIpc) is 2.80. The first-order valence-electron chi connectivity index (χ1n) is 12.3. The van der Waals surface area contributed by atoms with E-state index >= 15 is 0 Å². The molecular weight excluding hydrogens is 466 g/mol. The molecule has 11 nitrogen and oxygen atoms in total. The molecule has 0 radical (unpaired) electrons. The molecule has 1 aromatic rings. The van der Waals surface area contributed by atoms with E-state index < -0.39 is 29.6 Å². The lowest BCUT2D eigenvalue weighted by atomic mass is 10.0. The third-order valence-electron chi connectivity index (χ3n) is 5.91. The number of piperidine rings is 2. The van der Waals surface area contributed by atoms with Crippen molar-refractivity contribution in [2.24, 2.45) is 0 Å². The van der Waals surface area contributed by atoms with Gasteiger partial charge in [-0.1, -0.05) is 6.07 Å². The van der Waals surface area contributed by atoms with Crippen LogP contribution in [0.15, 0.2) is 24.3 Å². The van der Waals surface area contributed by atoms with Crippen molar-refractivity contribution in [3.63, 3.8) is 0 Å². The summed E-state index contributed by atoms with van der Waals surface area (Å²) >= 11 is 0. The summed E-state index contributed by atoms with van der Waals surface area (Å²) in [5, 5.41) is 10.9. The van der Waals surface area contributed by atoms with E-state index in [0.717, 1.165) is 0 Å². The highest BCUT2D eigenvalue weighted by Gasteiger charge is 2.28. The normalized spacial score (nSPS) is 18.8. The molecule has 2 fully saturated rings. The summed E-state index contributed by atoms with van der Waals surface area (Å²) in [6.07, 6.45) is 1.64. The maximum atomic E-state index is 12.6. The molecule has 4 N–H and O–H groups in total. The summed E-state index contributed by atoms with van der Waals surface area (Å²) in [6, 6.07) is 6.03. The molecule has 1 aromatic carbocycles. The van der Waals surface area contributed by atoms with Crippen molar-refractivity contribution in [2.45, 2.75) is 70.6 Å². The van der Waals surface area contributed by atoms with Crippen molar-refractivity contribution in [3.8, 4) is 0 Å². The van der Waals surface area contributed by atoms with Gasteiger partial charge in [0, 0.05) is 49.8 Å². The number of hydrogen-bond acceptors (Lipinski definition) is 7. The molecule has 3 rings (SSSR count). The molecule has 2 aliphatic rings. The topological polar surface area (TPSA) is 146 Å². The Morgan fingerprint density at radius 2 is 1.81 bits per heavy atom. The first kappa shape index (κ1) is 27.0. The standard InChI is InChI=1S/C25H35N5O6/c1-25(2,3)36-24(35)27-17-10-13-30(14-11-17)21(32)9-12-26-18-6-4-5-16(15-18)22(33)28-19-7-8-20(31)29-23(19)34/h4-6,15,17,19,26H,7-14H2,1-3H3,(H,27,35)(H,28,33)(H,29,31,34). The van der Waals surface area contributed by atoms with Crippen LogP contribution >= 0.6 is 0 Å². The van der Waals surface area contributed by atoms with E-state index in [9.17, 15) is 24.0 Å². The van der Waals surface area contributed by atoms with E-state index in [1.54, 1.807) is 29.2 Å². The van der Waals surface area contributed by atoms with Crippen molar-refractivity contribution < 1.29 is 28.7 Å². The van der Waals surface area contributed by atoms with E-state index in [-0.39, 0.29) is 37.1 Å². The van der Waals surface area contributed by atoms with Crippen molar-refractivity contribution in [1.29, 1.82) is 0 Å². The Balaban J connectivity index is 1.39. The van der Waals surface area contributed by atoms with E-state index in [4.69, 9.17) is 4.74 Å². The molecule has 2 saturated heterocycles. The first-order chi connectivity index (χ1) is 17.0. The van der Waals surface area contributed by atoms with Crippen molar-refractivity contribution in [3.05, 3.63) is 29.8 Å². The second kappa shape index (κ2) is 11.9. The molecule has 196 valence electrons. The number of carbonyl (C=O) groups excluding carboxylic acids is 5. The number of amides is 5. The summed E-state index contributed by atoms with van der Waals surface area (Å²) in [5.41, 5.74) is 0.500. The van der Waals surface area contributed by atoms with Crippen LogP contribution in [-0.4, -0.2) is 71.9 Å². The molecule has 0 spiro atoms. The Kier molecular flexibility index (Phi) is 8.89. The maximum Gasteiger partial charge on any atom is 0.407 e. The highest BCUT2D eigenvalue weighted by Crippen LogP contribution is 2.15. The Bertz CT molecular complexity index is 997. The second-order valence-electron chi connectivity index (χ2n) is 10.0. The van der Waals surface area contributed by atoms with Crippen molar-refractivity contribution in [2.75, 3.05) is 25.0 Å². The van der Waals surface area contributed by atoms with Gasteiger partial charge in [0.2, 0.25) is 17.7 Å². The zero-order valence-electron chi connectivity index (χ0n) is 21.0. The summed E-state index contributed by atoms with van der Waals surface area (Å²) in [4.78, 5) is 62.0. The van der Waals surface area contributed by atoms with Crippen molar-refractivity contribution >= 4 is 35.4 Å². The number of carbonyl (C=O) groups is 5. The highest BCUT2D eigenvalue weighted by atomic mass is 16.6. The summed E-state index contributed by atoms with van der Waals surface area (Å²) in [7, 11) is 0. The molecule has 36 heavy (non-hydrogen) atoms. The number of imide groups is 1. The van der Waals surface area contributed by atoms with Crippen LogP contribution in [0, 0.1) is 0 Å². The summed E-state index contributed by atoms with van der Waals surface area (Å²) < 4.78 is 5.29. The lowest BCUT2D eigenvalue weighted by molar-refractivity contribution is -0.135. The smallest absolute Gasteiger partial charge is 0.407 e. The Morgan fingerprint density at radius 3 is 2.47 bits per heavy atom. The van der Waals surface area contributed by atoms with Gasteiger partial charge in [-0.3, -0.25) is 24.5 Å². The highest BCUT2D eigenvalue weighted by molar-refractivity contribution is 6.04. The van der Waals surface area contributed by atoms with Crippen LogP contribution in [0.3, 0.4) is 0 Å². The van der Waals surface area contributed by atoms with Crippen LogP contribution < -0.4 is 21.3 Å². The number of likely N-dealkylation sites (tertiary alicyclic amines) is 1. The van der Waals surface area contributed by atoms with Crippen LogP contribution in [0.5, 0.6) is 0 Å². The molecule has 2 aliphatic heterocycles. The number of anilines is 1. The van der Waals surface area contributed by atoms with Gasteiger partial charge in [-0.15, -0.1) is 0 Å². The lowest BCUT2D eigenvalue weighted by Crippen LogP contribution is -2.52. The fourth-order valence-electron chi connectivity index (χ4n) is 4.06. The number of benzene rings is 1. The zero-order valence-corrected chi connectivity index (χ0v) is 21.0. The Hall–Kier alpha value is -3.63. The van der Waals surface area contributed by atoms with Gasteiger partial charge < -0.3 is 25.6 Å². The van der Waals surface area contributed by atoms with Gasteiger partial charge >= 0.3 is 6.09 Å². The molecule has 0 aromatic heterocycles. The summed E-state index contributed by atoms with van der Waals surface area (Å²) in [5.74, 6) is -1.23. The molecule has 11 heteroatoms. The number of nitrogens with one attached hydrogen (secondary N) is 4. The number of alkyl carbamates (subject to hydrolysis) is 1. The fraction of sp³-hybridized carbons (Fsp3) is 0.560. The van der Waals surface area contributed by atoms with Crippen LogP contribution in [0.25, 0.3) is 0 Å². The average molecular weight is 502 g/mol. The predicted octanol–water partition coefficient (Wildman–Crippen LogP) is 1.54. The molecule has 1 unspecified atom stereocenters. The van der Waals surface area contributed by atoms with Gasteiger partial charge in [0.15, 0.2) is 0 Å². The molecule has 0 saturated carbocycles. The molecule has 0 aliphatic carbocycles. The van der Waals surface area contributed by atoms with Gasteiger partial charge in [-0.05, 0) is 58.2 Å². The van der Waals surface area contributed by atoms with Crippen LogP contribution in [0.2, 0.25) is 0 Å². The summed E-state index contributed by atoms with van der Waals surface area (Å²) in [6.45, 7) is 6.97. The lowest BCUT2D eigenvalue weighted by Gasteiger charge is -2.33. The number of rotatable bonds is 7. The van der Waals surface area contributed by atoms with Gasteiger partial charge in [0.25, 0.3) is 5.91 Å². The second-order valence-corrected chi connectivity index (χ2v) is 10.0. The molecule has 5 amide bonds. The first-order valence-corrected chi connectivity index (χ1v) is 12.3. The fourth-order valence-corrected chi connectivity index (χ4v) is 4.06. The van der Waals surface area contributed by atoms with Crippen LogP contribution in [0.1, 0.15) is 63.2 Å². The molecular formula is C25H35N5O6. The van der Waals surface area contributed by atoms with Gasteiger partial charge in [0.1, 0.15) is 11.6 Å². The number of nitrogens with zero attached hydrogens (tertiary/aromatic N) is 1. The minimum absolute atomic E-state index is 0.0175. The van der Waals surface area contributed by atoms with E-state index in [2.05, 4.69) is 21.3 Å². The minimum Gasteiger partial charge on any atom is -0.444 e. The van der Waals surface area contributed by atoms with E-state index in [1.807, 2.05) is 20.8 Å². The predicted molar refractivity (Wildman–Crippen MR) is 132 cm³/mol. The SMILES string of the molecule is CC(C)(C)OC(=O)NC1CCN(C(=O)CCNc2cccc(C(=O)NC3CCC(=O)NC3=O)c2)CC1. The number of ether oxygens (including phenoxy) is 1. The van der Waals surface area contributed by atoms with E-state index in [0.29, 0.717) is 43.7 Å². The zero-order chi connectivity index (χ0) is 26.3. The molecule has 1 atom stereocenters. The third-order valence-corrected chi connectivity index (χ3v) is 5.91. The van der Waals surface area contributed by atoms with Gasteiger partial charge in [-0.25, -0.2) is 4.79 Å². The van der Waals surface area contributed by atoms with Crippen LogP contribution in [0.4, 0.5) is 10.5 Å². The molecule has 2 heterocycles. The Morgan fingerprint density at radius 1 is 1.08 bits per heavy atom. The quantitative estimate of drug-likeness (QED) is 0.415. The van der Waals surface area contributed by atoms with Gasteiger partial charge in [-0.2, -0.15) is 0 Å². The van der Waals surface area contributed by atoms with Gasteiger partial charge in [0.05, 0.1) is 0 Å². The largest absolute Gasteiger partial charge is 0.444 e. The Labute approximate surface area is 210 Å². The van der Waals surface area contributed by atoms with E-state index in [1.165, 1.54) is 0 Å². The van der Waals surface area contributed by atoms with Crippen LogP contribution in [-0.2, 0) is 19.1 Å². The van der Waals surface area contributed by atoms with Crippen molar-refractivity contribution in [1.82, 2.24) is 20.9 Å². The maximum absolute atomic E-state index is 12.6. The third kappa shape index (κ3) is 8.24.